The van der Waals surface area contributed by atoms with Crippen LogP contribution in [0.3, 0.4) is 0 Å². The Morgan fingerprint density at radius 1 is 1.23 bits per heavy atom. The van der Waals surface area contributed by atoms with Crippen LogP contribution in [0.1, 0.15) is 60.3 Å². The molecule has 0 radical (unpaired) electrons. The first-order valence-corrected chi connectivity index (χ1v) is 12.6. The van der Waals surface area contributed by atoms with Crippen molar-refractivity contribution in [1.29, 1.82) is 0 Å². The molecular formula is C22H27ClN4O3S. The van der Waals surface area contributed by atoms with Gasteiger partial charge in [0.15, 0.2) is 5.65 Å². The normalized spacial score (nSPS) is 17.8. The Balaban J connectivity index is 1.61. The monoisotopic (exact) mass is 462 g/mol. The van der Waals surface area contributed by atoms with Gasteiger partial charge < -0.3 is 5.32 Å². The lowest BCUT2D eigenvalue weighted by molar-refractivity contribution is 0.102. The third-order valence-corrected chi connectivity index (χ3v) is 7.99. The fourth-order valence-corrected chi connectivity index (χ4v) is 5.80. The van der Waals surface area contributed by atoms with E-state index < -0.39 is 10.6 Å². The second-order valence-electron chi connectivity index (χ2n) is 8.39. The van der Waals surface area contributed by atoms with E-state index in [1.165, 1.54) is 11.8 Å². The molecule has 3 aromatic rings. The van der Waals surface area contributed by atoms with Crippen molar-refractivity contribution in [2.75, 3.05) is 16.8 Å². The average Bonchev–Trinajstić information content (AvgIpc) is 3.06. The highest BCUT2D eigenvalue weighted by atomic mass is 35.5. The van der Waals surface area contributed by atoms with E-state index in [0.717, 1.165) is 0 Å². The highest BCUT2D eigenvalue weighted by Crippen LogP contribution is 2.47. The Morgan fingerprint density at radius 3 is 2.48 bits per heavy atom. The lowest BCUT2D eigenvalue weighted by Crippen LogP contribution is -2.24. The molecule has 1 amide bonds. The fourth-order valence-electron chi connectivity index (χ4n) is 3.94. The summed E-state index contributed by atoms with van der Waals surface area (Å²) in [5.74, 6) is 0.821. The summed E-state index contributed by atoms with van der Waals surface area (Å²) in [5.41, 5.74) is 3.50. The molecule has 0 aliphatic carbocycles. The Kier molecular flexibility index (Phi) is 6.00. The molecule has 0 unspecified atom stereocenters. The van der Waals surface area contributed by atoms with E-state index in [0.29, 0.717) is 63.3 Å². The Labute approximate surface area is 188 Å². The third-order valence-electron chi connectivity index (χ3n) is 5.81. The first-order chi connectivity index (χ1) is 14.7. The molecule has 3 heterocycles. The molecule has 0 atom stereocenters. The van der Waals surface area contributed by atoms with Crippen molar-refractivity contribution >= 4 is 44.8 Å². The fraction of sp³-hybridized carbons (Fsp3) is 0.409. The zero-order valence-corrected chi connectivity index (χ0v) is 19.4. The van der Waals surface area contributed by atoms with Gasteiger partial charge >= 0.3 is 0 Å². The van der Waals surface area contributed by atoms with Gasteiger partial charge in [0.2, 0.25) is 0 Å². The molecule has 0 bridgehead atoms. The molecule has 1 fully saturated rings. The Hall–Kier alpha value is -2.13. The van der Waals surface area contributed by atoms with Crippen LogP contribution >= 0.6 is 22.2 Å². The van der Waals surface area contributed by atoms with Crippen LogP contribution in [-0.4, -0.2) is 41.3 Å². The number of hydrogen-bond acceptors (Lipinski definition) is 5. The maximum absolute atomic E-state index is 12.9. The van der Waals surface area contributed by atoms with Crippen LogP contribution in [0.5, 0.6) is 0 Å². The summed E-state index contributed by atoms with van der Waals surface area (Å²) >= 11 is 6.64. The Morgan fingerprint density at radius 2 is 1.87 bits per heavy atom. The number of rotatable bonds is 4. The number of nitrogens with one attached hydrogen (secondary N) is 1. The first kappa shape index (κ1) is 22.1. The van der Waals surface area contributed by atoms with Gasteiger partial charge in [-0.05, 0) is 43.4 Å². The number of amides is 1. The molecule has 0 spiro atoms. The average molecular weight is 463 g/mol. The zero-order chi connectivity index (χ0) is 22.3. The smallest absolute Gasteiger partial charge is 0.258 e. The molecule has 4 rings (SSSR count). The van der Waals surface area contributed by atoms with E-state index in [1.807, 2.05) is 35.9 Å². The molecule has 1 aromatic carbocycles. The van der Waals surface area contributed by atoms with Crippen LogP contribution in [0.4, 0.5) is 5.69 Å². The molecule has 166 valence electrons. The summed E-state index contributed by atoms with van der Waals surface area (Å²) < 4.78 is 21.6. The molecule has 2 aromatic heterocycles. The summed E-state index contributed by atoms with van der Waals surface area (Å²) in [6, 6.07) is 7.78. The van der Waals surface area contributed by atoms with Crippen molar-refractivity contribution < 1.29 is 13.9 Å². The van der Waals surface area contributed by atoms with Crippen molar-refractivity contribution in [3.05, 3.63) is 52.3 Å². The lowest BCUT2D eigenvalue weighted by Gasteiger charge is -2.39. The number of anilines is 1. The van der Waals surface area contributed by atoms with E-state index in [-0.39, 0.29) is 11.9 Å². The van der Waals surface area contributed by atoms with Crippen LogP contribution in [0, 0.1) is 6.92 Å². The van der Waals surface area contributed by atoms with E-state index >= 15 is 0 Å². The highest BCUT2D eigenvalue weighted by Gasteiger charge is 2.28. The number of carbonyl (C=O) groups is 1. The summed E-state index contributed by atoms with van der Waals surface area (Å²) in [5, 5.41) is 8.48. The number of aromatic nitrogens is 3. The van der Waals surface area contributed by atoms with Crippen LogP contribution in [0.15, 0.2) is 30.5 Å². The van der Waals surface area contributed by atoms with Gasteiger partial charge in [-0.15, -0.1) is 0 Å². The lowest BCUT2D eigenvalue weighted by atomic mass is 10.0. The number of carbonyl (C=O) groups excluding carboxylic acids is 1. The van der Waals surface area contributed by atoms with Gasteiger partial charge in [0.25, 0.3) is 5.91 Å². The molecule has 31 heavy (non-hydrogen) atoms. The van der Waals surface area contributed by atoms with Gasteiger partial charge in [0, 0.05) is 23.4 Å². The van der Waals surface area contributed by atoms with Crippen molar-refractivity contribution in [2.45, 2.75) is 45.6 Å². The van der Waals surface area contributed by atoms with Crippen molar-refractivity contribution in [3.63, 3.8) is 0 Å². The number of benzene rings is 1. The number of halogens is 1. The van der Waals surface area contributed by atoms with Gasteiger partial charge in [-0.2, -0.15) is 15.7 Å². The second-order valence-corrected chi connectivity index (χ2v) is 11.2. The standard InChI is InChI=1S/C22H27ClN4O3S/c1-13(2)15-4-6-16(7-5-15)25-22(28)18-12-24-21-19(20(18)23)14(3)26-27(21)17-8-10-31(29,30)11-9-17/h4-7,12-13,17,29-30H,8-11H2,1-3H3,(H,25,28). The topological polar surface area (TPSA) is 100 Å². The number of aryl methyl sites for hydroxylation is 1. The largest absolute Gasteiger partial charge is 0.322 e. The summed E-state index contributed by atoms with van der Waals surface area (Å²) in [4.78, 5) is 17.4. The minimum absolute atomic E-state index is 0.0267. The highest BCUT2D eigenvalue weighted by molar-refractivity contribution is 8.24. The van der Waals surface area contributed by atoms with Gasteiger partial charge in [0.1, 0.15) is 0 Å². The van der Waals surface area contributed by atoms with Crippen LogP contribution < -0.4 is 5.32 Å². The maximum atomic E-state index is 12.9. The maximum Gasteiger partial charge on any atom is 0.258 e. The third kappa shape index (κ3) is 4.43. The van der Waals surface area contributed by atoms with E-state index in [4.69, 9.17) is 11.6 Å². The van der Waals surface area contributed by atoms with Gasteiger partial charge in [0.05, 0.1) is 27.7 Å². The van der Waals surface area contributed by atoms with Crippen molar-refractivity contribution in [2.24, 2.45) is 0 Å². The summed E-state index contributed by atoms with van der Waals surface area (Å²) in [6.45, 7) is 6.08. The molecule has 9 heteroatoms. The Bertz CT molecular complexity index is 1120. The molecule has 0 saturated carbocycles. The molecule has 7 nitrogen and oxygen atoms in total. The second kappa shape index (κ2) is 8.43. The first-order valence-electron chi connectivity index (χ1n) is 10.3. The van der Waals surface area contributed by atoms with Crippen LogP contribution in [0.2, 0.25) is 5.02 Å². The molecule has 1 aliphatic rings. The number of pyridine rings is 1. The number of nitrogens with zero attached hydrogens (tertiary/aromatic N) is 3. The van der Waals surface area contributed by atoms with Crippen molar-refractivity contribution in [3.8, 4) is 0 Å². The molecule has 1 aliphatic heterocycles. The minimum Gasteiger partial charge on any atom is -0.322 e. The van der Waals surface area contributed by atoms with Gasteiger partial charge in [-0.3, -0.25) is 13.9 Å². The van der Waals surface area contributed by atoms with Gasteiger partial charge in [-0.25, -0.2) is 9.67 Å². The predicted molar refractivity (Wildman–Crippen MR) is 127 cm³/mol. The van der Waals surface area contributed by atoms with Gasteiger partial charge in [-0.1, -0.05) is 37.6 Å². The van der Waals surface area contributed by atoms with Crippen molar-refractivity contribution in [1.82, 2.24) is 14.8 Å². The van der Waals surface area contributed by atoms with E-state index in [2.05, 4.69) is 29.2 Å². The van der Waals surface area contributed by atoms with E-state index in [1.54, 1.807) is 0 Å². The summed E-state index contributed by atoms with van der Waals surface area (Å²) in [6.07, 6.45) is 2.72. The summed E-state index contributed by atoms with van der Waals surface area (Å²) in [7, 11) is -2.47. The molecule has 3 N–H and O–H groups in total. The number of fused-ring (bicyclic) bond motifs is 1. The SMILES string of the molecule is Cc1nn(C2CCS(O)(O)CC2)c2ncc(C(=O)Nc3ccc(C(C)C)cc3)c(Cl)c12. The van der Waals surface area contributed by atoms with Crippen LogP contribution in [-0.2, 0) is 0 Å². The predicted octanol–water partition coefficient (Wildman–Crippen LogP) is 5.85. The van der Waals surface area contributed by atoms with E-state index in [9.17, 15) is 13.9 Å². The quantitative estimate of drug-likeness (QED) is 0.451. The molecular weight excluding hydrogens is 436 g/mol. The minimum atomic E-state index is -2.47. The van der Waals surface area contributed by atoms with Crippen LogP contribution in [0.25, 0.3) is 11.0 Å². The number of hydrogen-bond donors (Lipinski definition) is 3. The molecule has 1 saturated heterocycles. The zero-order valence-electron chi connectivity index (χ0n) is 17.8.